The Bertz CT molecular complexity index is 537. The zero-order valence-electron chi connectivity index (χ0n) is 15.0. The summed E-state index contributed by atoms with van der Waals surface area (Å²) >= 11 is 0. The Morgan fingerprint density at radius 3 is 2.17 bits per heavy atom. The van der Waals surface area contributed by atoms with Gasteiger partial charge >= 0.3 is 7.12 Å². The Balaban J connectivity index is 2.21. The molecule has 0 saturated carbocycles. The largest absolute Gasteiger partial charge is 0.491 e. The van der Waals surface area contributed by atoms with Gasteiger partial charge in [-0.25, -0.2) is 0 Å². The summed E-state index contributed by atoms with van der Waals surface area (Å²) in [5.74, 6) is 0. The summed E-state index contributed by atoms with van der Waals surface area (Å²) in [4.78, 5) is 0. The highest BCUT2D eigenvalue weighted by Gasteiger charge is 2.52. The van der Waals surface area contributed by atoms with E-state index in [0.29, 0.717) is 6.54 Å². The molecule has 1 saturated heterocycles. The molecule has 1 aliphatic heterocycles. The van der Waals surface area contributed by atoms with Gasteiger partial charge in [0.15, 0.2) is 0 Å². The smallest absolute Gasteiger partial charge is 0.400 e. The molecule has 4 nitrogen and oxygen atoms in total. The number of nitrogens with one attached hydrogen (secondary N) is 1. The van der Waals surface area contributed by atoms with E-state index in [-0.39, 0.29) is 18.3 Å². The molecular weight excluding hydrogens is 287 g/mol. The van der Waals surface area contributed by atoms with E-state index in [1.807, 2.05) is 7.05 Å². The molecule has 2 rings (SSSR count). The highest BCUT2D eigenvalue weighted by Crippen LogP contribution is 2.38. The minimum Gasteiger partial charge on any atom is -0.400 e. The maximum Gasteiger partial charge on any atom is 0.491 e. The van der Waals surface area contributed by atoms with Crippen molar-refractivity contribution < 1.29 is 9.31 Å². The summed E-state index contributed by atoms with van der Waals surface area (Å²) in [6.07, 6.45) is 3.05. The Hall–Kier alpha value is -1.14. The van der Waals surface area contributed by atoms with Gasteiger partial charge in [-0.1, -0.05) is 30.3 Å². The first kappa shape index (κ1) is 18.2. The zero-order valence-corrected chi connectivity index (χ0v) is 15.0. The average Bonchev–Trinajstić information content (AvgIpc) is 2.69. The minimum atomic E-state index is -0.324. The van der Waals surface area contributed by atoms with Crippen LogP contribution in [0.2, 0.25) is 0 Å². The van der Waals surface area contributed by atoms with E-state index in [0.717, 1.165) is 24.0 Å². The topological polar surface area (TPSA) is 56.5 Å². The van der Waals surface area contributed by atoms with E-state index in [1.54, 1.807) is 0 Å². The molecule has 1 fully saturated rings. The van der Waals surface area contributed by atoms with Crippen molar-refractivity contribution >= 4 is 13.2 Å². The van der Waals surface area contributed by atoms with Crippen molar-refractivity contribution in [1.82, 2.24) is 5.32 Å². The number of nitrogens with two attached hydrogens (primary N) is 1. The van der Waals surface area contributed by atoms with Gasteiger partial charge in [-0.3, -0.25) is 0 Å². The first-order valence-corrected chi connectivity index (χ1v) is 8.29. The molecule has 23 heavy (non-hydrogen) atoms. The van der Waals surface area contributed by atoms with E-state index in [4.69, 9.17) is 15.0 Å². The summed E-state index contributed by atoms with van der Waals surface area (Å²) in [5.41, 5.74) is 8.45. The van der Waals surface area contributed by atoms with Crippen molar-refractivity contribution in [3.05, 3.63) is 40.9 Å². The highest BCUT2D eigenvalue weighted by molar-refractivity contribution is 6.55. The van der Waals surface area contributed by atoms with E-state index < -0.39 is 0 Å². The summed E-state index contributed by atoms with van der Waals surface area (Å²) in [5, 5.41) is 3.21. The van der Waals surface area contributed by atoms with E-state index >= 15 is 0 Å². The molecule has 1 aliphatic rings. The minimum absolute atomic E-state index is 0.323. The molecule has 126 valence electrons. The number of likely N-dealkylation sites (N-methyl/N-ethyl adjacent to an activating group) is 1. The second kappa shape index (κ2) is 7.18. The molecule has 1 aromatic carbocycles. The molecular formula is C18H29BN2O2. The fourth-order valence-corrected chi connectivity index (χ4v) is 2.56. The van der Waals surface area contributed by atoms with Crippen molar-refractivity contribution in [2.75, 3.05) is 20.1 Å². The van der Waals surface area contributed by atoms with Gasteiger partial charge in [-0.05, 0) is 64.3 Å². The second-order valence-corrected chi connectivity index (χ2v) is 7.12. The van der Waals surface area contributed by atoms with Crippen molar-refractivity contribution in [2.24, 2.45) is 5.73 Å². The van der Waals surface area contributed by atoms with Crippen LogP contribution >= 0.6 is 0 Å². The van der Waals surface area contributed by atoms with Crippen LogP contribution < -0.4 is 11.1 Å². The molecule has 5 heteroatoms. The lowest BCUT2D eigenvalue weighted by molar-refractivity contribution is 0.00578. The highest BCUT2D eigenvalue weighted by atomic mass is 16.7. The summed E-state index contributed by atoms with van der Waals surface area (Å²) in [7, 11) is 1.61. The van der Waals surface area contributed by atoms with Crippen LogP contribution in [0.25, 0.3) is 6.08 Å². The van der Waals surface area contributed by atoms with Crippen LogP contribution in [0.3, 0.4) is 0 Å². The van der Waals surface area contributed by atoms with Gasteiger partial charge in [0.25, 0.3) is 0 Å². The van der Waals surface area contributed by atoms with Crippen LogP contribution in [0.5, 0.6) is 0 Å². The SMILES string of the molecule is CNCC(=Cc1ccc(CCN)cc1)B1OC(C)(C)C(C)(C)O1. The zero-order chi connectivity index (χ0) is 17.1. The standard InChI is InChI=1S/C18H29BN2O2/c1-17(2)18(3,4)23-19(22-17)16(13-21-5)12-15-8-6-14(7-9-15)10-11-20/h6-9,12,21H,10-11,13,20H2,1-5H3. The van der Waals surface area contributed by atoms with E-state index in [2.05, 4.69) is 63.4 Å². The third-order valence-corrected chi connectivity index (χ3v) is 4.70. The molecule has 0 radical (unpaired) electrons. The Morgan fingerprint density at radius 1 is 1.13 bits per heavy atom. The van der Waals surface area contributed by atoms with Crippen LogP contribution in [0.4, 0.5) is 0 Å². The maximum absolute atomic E-state index is 6.17. The molecule has 1 heterocycles. The van der Waals surface area contributed by atoms with E-state index in [9.17, 15) is 0 Å². The van der Waals surface area contributed by atoms with Gasteiger partial charge in [-0.2, -0.15) is 0 Å². The van der Waals surface area contributed by atoms with Gasteiger partial charge in [0.05, 0.1) is 11.2 Å². The summed E-state index contributed by atoms with van der Waals surface area (Å²) in [6.45, 7) is 9.70. The second-order valence-electron chi connectivity index (χ2n) is 7.12. The first-order chi connectivity index (χ1) is 10.8. The third-order valence-electron chi connectivity index (χ3n) is 4.70. The predicted molar refractivity (Wildman–Crippen MR) is 97.2 cm³/mol. The van der Waals surface area contributed by atoms with Gasteiger partial charge < -0.3 is 20.4 Å². The third kappa shape index (κ3) is 4.24. The number of hydrogen-bond donors (Lipinski definition) is 2. The average molecular weight is 316 g/mol. The van der Waals surface area contributed by atoms with Gasteiger partial charge in [-0.15, -0.1) is 0 Å². The van der Waals surface area contributed by atoms with Gasteiger partial charge in [0.2, 0.25) is 0 Å². The van der Waals surface area contributed by atoms with Crippen LogP contribution in [0, 0.1) is 0 Å². The Kier molecular flexibility index (Phi) is 5.68. The summed E-state index contributed by atoms with van der Waals surface area (Å²) in [6, 6.07) is 8.48. The molecule has 0 aliphatic carbocycles. The van der Waals surface area contributed by atoms with E-state index in [1.165, 1.54) is 5.56 Å². The van der Waals surface area contributed by atoms with Crippen molar-refractivity contribution in [3.63, 3.8) is 0 Å². The molecule has 0 atom stereocenters. The van der Waals surface area contributed by atoms with Crippen molar-refractivity contribution in [3.8, 4) is 0 Å². The molecule has 3 N–H and O–H groups in total. The normalized spacial score (nSPS) is 20.1. The van der Waals surface area contributed by atoms with Gasteiger partial charge in [0, 0.05) is 6.54 Å². The van der Waals surface area contributed by atoms with Gasteiger partial charge in [0.1, 0.15) is 0 Å². The van der Waals surface area contributed by atoms with Crippen LogP contribution in [0.1, 0.15) is 38.8 Å². The predicted octanol–water partition coefficient (Wildman–Crippen LogP) is 2.42. The molecule has 0 amide bonds. The monoisotopic (exact) mass is 316 g/mol. The molecule has 0 spiro atoms. The first-order valence-electron chi connectivity index (χ1n) is 8.29. The lowest BCUT2D eigenvalue weighted by Crippen LogP contribution is -2.41. The lowest BCUT2D eigenvalue weighted by Gasteiger charge is -2.32. The number of benzene rings is 1. The number of hydrogen-bond acceptors (Lipinski definition) is 4. The van der Waals surface area contributed by atoms with Crippen molar-refractivity contribution in [1.29, 1.82) is 0 Å². The quantitative estimate of drug-likeness (QED) is 0.792. The molecule has 1 aromatic rings. The van der Waals surface area contributed by atoms with Crippen LogP contribution in [0.15, 0.2) is 29.7 Å². The van der Waals surface area contributed by atoms with Crippen molar-refractivity contribution in [2.45, 2.75) is 45.3 Å². The fraction of sp³-hybridized carbons (Fsp3) is 0.556. The maximum atomic E-state index is 6.17. The fourth-order valence-electron chi connectivity index (χ4n) is 2.56. The number of rotatable bonds is 6. The Labute approximate surface area is 140 Å². The molecule has 0 bridgehead atoms. The lowest BCUT2D eigenvalue weighted by atomic mass is 9.77. The van der Waals surface area contributed by atoms with Crippen LogP contribution in [-0.2, 0) is 15.7 Å². The molecule has 0 aromatic heterocycles. The van der Waals surface area contributed by atoms with Crippen LogP contribution in [-0.4, -0.2) is 38.5 Å². The molecule has 0 unspecified atom stereocenters. The summed E-state index contributed by atoms with van der Waals surface area (Å²) < 4.78 is 12.3. The Morgan fingerprint density at radius 2 is 1.70 bits per heavy atom.